The normalized spacial score (nSPS) is 18.4. The van der Waals surface area contributed by atoms with Gasteiger partial charge in [0, 0.05) is 17.2 Å². The van der Waals surface area contributed by atoms with Gasteiger partial charge in [0.15, 0.2) is 0 Å². The number of hydrogen-bond donors (Lipinski definition) is 3. The fourth-order valence-electron chi connectivity index (χ4n) is 3.03. The maximum absolute atomic E-state index is 12.6. The van der Waals surface area contributed by atoms with E-state index in [-0.39, 0.29) is 5.92 Å². The summed E-state index contributed by atoms with van der Waals surface area (Å²) in [4.78, 5) is 23.6. The molecule has 1 fully saturated rings. The van der Waals surface area contributed by atoms with Crippen molar-refractivity contribution in [3.8, 4) is 5.75 Å². The molecule has 1 aromatic rings. The lowest BCUT2D eigenvalue weighted by Gasteiger charge is -2.32. The van der Waals surface area contributed by atoms with E-state index < -0.39 is 36.4 Å². The molecule has 160 valence electrons. The van der Waals surface area contributed by atoms with Crippen LogP contribution in [-0.4, -0.2) is 48.6 Å². The van der Waals surface area contributed by atoms with E-state index in [1.165, 1.54) is 7.11 Å². The Kier molecular flexibility index (Phi) is 6.85. The summed E-state index contributed by atoms with van der Waals surface area (Å²) in [7, 11) is 0.936. The minimum absolute atomic E-state index is 0.151. The van der Waals surface area contributed by atoms with Crippen molar-refractivity contribution >= 4 is 30.3 Å². The molecule has 1 saturated heterocycles. The van der Waals surface area contributed by atoms with Gasteiger partial charge in [-0.1, -0.05) is 19.9 Å². The highest BCUT2D eigenvalue weighted by molar-refractivity contribution is 6.63. The zero-order valence-electron chi connectivity index (χ0n) is 18.2. The molecule has 1 heterocycles. The van der Waals surface area contributed by atoms with Gasteiger partial charge in [0.25, 0.3) is 0 Å². The smallest absolute Gasteiger partial charge is 0.497 e. The van der Waals surface area contributed by atoms with E-state index in [1.807, 2.05) is 41.5 Å². The second kappa shape index (κ2) is 8.63. The van der Waals surface area contributed by atoms with Gasteiger partial charge in [-0.3, -0.25) is 4.79 Å². The Labute approximate surface area is 172 Å². The Morgan fingerprint density at radius 3 is 2.24 bits per heavy atom. The highest BCUT2D eigenvalue weighted by Crippen LogP contribution is 2.37. The first-order valence-electron chi connectivity index (χ1n) is 9.70. The number of anilines is 1. The number of benzene rings is 1. The number of rotatable bonds is 7. The van der Waals surface area contributed by atoms with Crippen molar-refractivity contribution in [2.24, 2.45) is 5.92 Å². The fourth-order valence-corrected chi connectivity index (χ4v) is 3.03. The van der Waals surface area contributed by atoms with Gasteiger partial charge >= 0.3 is 13.2 Å². The Balaban J connectivity index is 2.20. The summed E-state index contributed by atoms with van der Waals surface area (Å²) in [5, 5.41) is 14.0. The maximum atomic E-state index is 12.6. The zero-order chi connectivity index (χ0) is 22.0. The molecule has 0 saturated carbocycles. The summed E-state index contributed by atoms with van der Waals surface area (Å²) in [6.07, 6.45) is -0.846. The number of ether oxygens (including phenoxy) is 1. The Hall–Kier alpha value is -2.26. The largest absolute Gasteiger partial charge is 0.498 e. The third-order valence-corrected chi connectivity index (χ3v) is 5.33. The highest BCUT2D eigenvalue weighted by atomic mass is 16.7. The van der Waals surface area contributed by atoms with Crippen LogP contribution in [0.1, 0.15) is 48.0 Å². The van der Waals surface area contributed by atoms with E-state index in [2.05, 4.69) is 10.6 Å². The van der Waals surface area contributed by atoms with Crippen LogP contribution in [0, 0.1) is 5.92 Å². The van der Waals surface area contributed by atoms with Gasteiger partial charge in [0.2, 0.25) is 5.91 Å². The van der Waals surface area contributed by atoms with E-state index in [1.54, 1.807) is 18.2 Å². The summed E-state index contributed by atoms with van der Waals surface area (Å²) in [5.74, 6) is 0.234. The van der Waals surface area contributed by atoms with Crippen LogP contribution in [0.3, 0.4) is 0 Å². The van der Waals surface area contributed by atoms with Crippen molar-refractivity contribution in [3.63, 3.8) is 0 Å². The monoisotopic (exact) mass is 406 g/mol. The van der Waals surface area contributed by atoms with Crippen LogP contribution in [0.2, 0.25) is 0 Å². The van der Waals surface area contributed by atoms with Crippen LogP contribution in [0.4, 0.5) is 10.5 Å². The van der Waals surface area contributed by atoms with Crippen molar-refractivity contribution in [2.75, 3.05) is 12.4 Å². The first-order chi connectivity index (χ1) is 13.4. The van der Waals surface area contributed by atoms with Gasteiger partial charge in [-0.25, -0.2) is 4.79 Å². The zero-order valence-corrected chi connectivity index (χ0v) is 18.2. The van der Waals surface area contributed by atoms with Gasteiger partial charge in [-0.15, -0.1) is 0 Å². The molecule has 1 aliphatic rings. The number of carbonyl (C=O) groups is 2. The number of carboxylic acid groups (broad SMARTS) is 1. The predicted octanol–water partition coefficient (Wildman–Crippen LogP) is 2.62. The van der Waals surface area contributed by atoms with Gasteiger partial charge in [0.1, 0.15) is 11.8 Å². The van der Waals surface area contributed by atoms with Crippen LogP contribution < -0.4 is 20.8 Å². The third kappa shape index (κ3) is 5.42. The molecule has 0 aromatic heterocycles. The average molecular weight is 406 g/mol. The van der Waals surface area contributed by atoms with E-state index >= 15 is 0 Å². The summed E-state index contributed by atoms with van der Waals surface area (Å²) in [6, 6.07) is 4.32. The van der Waals surface area contributed by atoms with Crippen molar-refractivity contribution in [1.29, 1.82) is 0 Å². The number of nitrogens with one attached hydrogen (secondary N) is 2. The number of carbonyl (C=O) groups excluding carboxylic acids is 1. The Morgan fingerprint density at radius 1 is 1.17 bits per heavy atom. The summed E-state index contributed by atoms with van der Waals surface area (Å²) < 4.78 is 17.6. The molecule has 0 radical (unpaired) electrons. The van der Waals surface area contributed by atoms with E-state index in [9.17, 15) is 9.59 Å². The average Bonchev–Trinajstić information content (AvgIpc) is 2.80. The van der Waals surface area contributed by atoms with Gasteiger partial charge < -0.3 is 29.8 Å². The lowest BCUT2D eigenvalue weighted by Crippen LogP contribution is -2.44. The van der Waals surface area contributed by atoms with Crippen molar-refractivity contribution in [2.45, 2.75) is 65.2 Å². The molecule has 1 atom stereocenters. The lowest BCUT2D eigenvalue weighted by molar-refractivity contribution is -0.118. The first kappa shape index (κ1) is 23.0. The van der Waals surface area contributed by atoms with Crippen LogP contribution in [0.15, 0.2) is 18.2 Å². The molecule has 29 heavy (non-hydrogen) atoms. The van der Waals surface area contributed by atoms with Crippen molar-refractivity contribution in [1.82, 2.24) is 5.32 Å². The molecular weight excluding hydrogens is 375 g/mol. The molecule has 0 bridgehead atoms. The molecule has 1 aromatic carbocycles. The minimum Gasteiger partial charge on any atom is -0.497 e. The van der Waals surface area contributed by atoms with Crippen LogP contribution in [0.25, 0.3) is 0 Å². The van der Waals surface area contributed by atoms with E-state index in [0.717, 1.165) is 0 Å². The summed E-state index contributed by atoms with van der Waals surface area (Å²) >= 11 is 0. The molecule has 0 spiro atoms. The van der Waals surface area contributed by atoms with Crippen molar-refractivity contribution < 1.29 is 28.7 Å². The molecule has 1 unspecified atom stereocenters. The van der Waals surface area contributed by atoms with Crippen LogP contribution >= 0.6 is 0 Å². The molecule has 0 aliphatic carbocycles. The molecule has 2 amide bonds. The Morgan fingerprint density at radius 2 is 1.76 bits per heavy atom. The van der Waals surface area contributed by atoms with Gasteiger partial charge in [-0.05, 0) is 46.1 Å². The molecule has 8 nitrogen and oxygen atoms in total. The van der Waals surface area contributed by atoms with Gasteiger partial charge in [0.05, 0.1) is 18.3 Å². The second-order valence-corrected chi connectivity index (χ2v) is 8.67. The van der Waals surface area contributed by atoms with E-state index in [0.29, 0.717) is 23.3 Å². The minimum atomic E-state index is -1.24. The van der Waals surface area contributed by atoms with E-state index in [4.69, 9.17) is 19.2 Å². The van der Waals surface area contributed by atoms with Gasteiger partial charge in [-0.2, -0.15) is 0 Å². The summed E-state index contributed by atoms with van der Waals surface area (Å²) in [6.45, 7) is 11.7. The first-order valence-corrected chi connectivity index (χ1v) is 9.70. The number of hydrogen-bond acceptors (Lipinski definition) is 5. The lowest BCUT2D eigenvalue weighted by atomic mass is 9.78. The molecule has 1 aliphatic heterocycles. The number of amides is 2. The van der Waals surface area contributed by atoms with Crippen LogP contribution in [0.5, 0.6) is 5.75 Å². The quantitative estimate of drug-likeness (QED) is 0.601. The Bertz CT molecular complexity index is 749. The molecule has 3 N–H and O–H groups in total. The molecule has 9 heteroatoms. The SMILES string of the molecule is COc1cc(NC(=O)C(CC(C)C)NC(=O)O)ccc1B1OC(C)(C)C(C)(C)O1. The summed E-state index contributed by atoms with van der Waals surface area (Å²) in [5.41, 5.74) is 0.240. The van der Waals surface area contributed by atoms with Crippen molar-refractivity contribution in [3.05, 3.63) is 18.2 Å². The predicted molar refractivity (Wildman–Crippen MR) is 112 cm³/mol. The molecule has 2 rings (SSSR count). The third-order valence-electron chi connectivity index (χ3n) is 5.33. The number of methoxy groups -OCH3 is 1. The standard InChI is InChI=1S/C20H31BN2O6/c1-12(2)10-15(23-18(25)26)17(24)22-13-8-9-14(16(11-13)27-7)21-28-19(3,4)20(5,6)29-21/h8-9,11-12,15,23H,10H2,1-7H3,(H,22,24)(H,25,26). The highest BCUT2D eigenvalue weighted by Gasteiger charge is 2.52. The second-order valence-electron chi connectivity index (χ2n) is 8.67. The topological polar surface area (TPSA) is 106 Å². The van der Waals surface area contributed by atoms with Crippen LogP contribution in [-0.2, 0) is 14.1 Å². The molecular formula is C20H31BN2O6. The fraction of sp³-hybridized carbons (Fsp3) is 0.600. The maximum Gasteiger partial charge on any atom is 0.498 e.